The number of hydrogen-bond acceptors (Lipinski definition) is 3. The van der Waals surface area contributed by atoms with Crippen molar-refractivity contribution in [1.82, 2.24) is 5.32 Å². The van der Waals surface area contributed by atoms with E-state index >= 15 is 0 Å². The standard InChI is InChI=1S/C19H19N2O2S.Y/c1-13-10-16(8-9-18(13)15-6-4-3-5-7-15)21-12-17(23-19(21)22)11-20-14(2)24;/h3-8,10,17H,11-12H2,1-2H3,(H,20,24);/q-1;/t17-;/m0./s1/i24+3;. The molecule has 2 aromatic carbocycles. The predicted octanol–water partition coefficient (Wildman–Crippen LogP) is 3.72. The van der Waals surface area contributed by atoms with Gasteiger partial charge in [-0.15, -0.1) is 29.3 Å². The van der Waals surface area contributed by atoms with Crippen molar-refractivity contribution in [2.24, 2.45) is 0 Å². The molecule has 1 fully saturated rings. The van der Waals surface area contributed by atoms with Crippen LogP contribution in [0.25, 0.3) is 11.1 Å². The van der Waals surface area contributed by atoms with Gasteiger partial charge in [0, 0.05) is 32.7 Å². The Balaban J connectivity index is 0.00000225. The van der Waals surface area contributed by atoms with Crippen LogP contribution < -0.4 is 10.2 Å². The number of carbonyl (C=O) groups is 1. The molecule has 6 heteroatoms. The van der Waals surface area contributed by atoms with E-state index in [4.69, 9.17) is 17.0 Å². The first-order valence-corrected chi connectivity index (χ1v) is 8.26. The van der Waals surface area contributed by atoms with Gasteiger partial charge in [-0.3, -0.25) is 0 Å². The summed E-state index contributed by atoms with van der Waals surface area (Å²) in [6.07, 6.45) is -0.534. The molecule has 1 aliphatic heterocycles. The van der Waals surface area contributed by atoms with E-state index < -0.39 is 0 Å². The minimum Gasteiger partial charge on any atom is -0.443 e. The maximum Gasteiger partial charge on any atom is 0.406 e. The average molecular weight is 431 g/mol. The van der Waals surface area contributed by atoms with Crippen molar-refractivity contribution in [3.63, 3.8) is 0 Å². The zero-order valence-corrected chi connectivity index (χ0v) is 17.9. The van der Waals surface area contributed by atoms with E-state index in [0.29, 0.717) is 18.1 Å². The number of ether oxygens (including phenoxy) is 1. The number of cyclic esters (lactones) is 1. The summed E-state index contributed by atoms with van der Waals surface area (Å²) in [5.41, 5.74) is 4.03. The van der Waals surface area contributed by atoms with Crippen molar-refractivity contribution >= 4 is 29.0 Å². The fourth-order valence-electron chi connectivity index (χ4n) is 2.76. The number of aryl methyl sites for hydroxylation is 1. The maximum absolute atomic E-state index is 12.1. The van der Waals surface area contributed by atoms with Crippen molar-refractivity contribution < 1.29 is 42.2 Å². The molecule has 0 aliphatic carbocycles. The van der Waals surface area contributed by atoms with Gasteiger partial charge in [0.1, 0.15) is 6.10 Å². The number of anilines is 1. The second-order valence-corrected chi connectivity index (χ2v) is 6.45. The summed E-state index contributed by atoms with van der Waals surface area (Å²) in [4.78, 5) is 14.5. The van der Waals surface area contributed by atoms with Gasteiger partial charge in [0.05, 0.1) is 18.1 Å². The third kappa shape index (κ3) is 4.87. The van der Waals surface area contributed by atoms with Gasteiger partial charge < -0.3 is 15.0 Å². The van der Waals surface area contributed by atoms with Crippen LogP contribution in [0.4, 0.5) is 10.5 Å². The van der Waals surface area contributed by atoms with E-state index in [2.05, 4.69) is 23.5 Å². The fraction of sp³-hybridized carbons (Fsp3) is 0.263. The minimum absolute atomic E-state index is 0. The number of benzene rings is 2. The van der Waals surface area contributed by atoms with Crippen LogP contribution in [0.2, 0.25) is 0 Å². The summed E-state index contributed by atoms with van der Waals surface area (Å²) < 4.78 is 5.38. The summed E-state index contributed by atoms with van der Waals surface area (Å²) in [6.45, 7) is 4.87. The van der Waals surface area contributed by atoms with Crippen LogP contribution in [-0.4, -0.2) is 30.3 Å². The summed E-state index contributed by atoms with van der Waals surface area (Å²) in [5, 5.41) is 3.04. The molecule has 0 aromatic heterocycles. The zero-order valence-electron chi connectivity index (χ0n) is 14.3. The first kappa shape index (κ1) is 20.0. The molecule has 1 saturated heterocycles. The second-order valence-electron chi connectivity index (χ2n) is 5.84. The first-order chi connectivity index (χ1) is 11.5. The van der Waals surface area contributed by atoms with Crippen LogP contribution in [0.5, 0.6) is 0 Å². The molecule has 4 nitrogen and oxygen atoms in total. The van der Waals surface area contributed by atoms with E-state index in [1.165, 1.54) is 0 Å². The van der Waals surface area contributed by atoms with Gasteiger partial charge >= 0.3 is 6.09 Å². The van der Waals surface area contributed by atoms with Crippen LogP contribution in [0.1, 0.15) is 12.5 Å². The number of amides is 1. The Bertz CT molecular complexity index is 767. The van der Waals surface area contributed by atoms with Crippen LogP contribution in [0.15, 0.2) is 42.5 Å². The molecule has 0 bridgehead atoms. The Labute approximate surface area is 178 Å². The van der Waals surface area contributed by atoms with Crippen LogP contribution in [0, 0.1) is 13.0 Å². The number of rotatable bonds is 4. The van der Waals surface area contributed by atoms with Gasteiger partial charge in [0.25, 0.3) is 0 Å². The molecule has 0 saturated carbocycles. The number of nitrogens with one attached hydrogen (secondary N) is 1. The van der Waals surface area contributed by atoms with Gasteiger partial charge in [-0.25, -0.2) is 4.79 Å². The molecule has 1 aliphatic rings. The van der Waals surface area contributed by atoms with Crippen molar-refractivity contribution in [1.29, 1.82) is 0 Å². The molecule has 3 rings (SSSR count). The van der Waals surface area contributed by atoms with Gasteiger partial charge in [-0.05, 0) is 12.6 Å². The fourth-order valence-corrected chi connectivity index (χ4v) is 2.85. The Morgan fingerprint density at radius 1 is 1.40 bits per heavy atom. The summed E-state index contributed by atoms with van der Waals surface area (Å²) in [5.74, 6) is 0. The molecule has 1 atom stereocenters. The largest absolute Gasteiger partial charge is 0.443 e. The maximum atomic E-state index is 12.1. The van der Waals surface area contributed by atoms with E-state index in [1.54, 1.807) is 4.90 Å². The average Bonchev–Trinajstić information content (AvgIpc) is 2.94. The Morgan fingerprint density at radius 2 is 2.12 bits per heavy atom. The molecule has 2 aromatic rings. The normalized spacial score (nSPS) is 16.2. The molecule has 0 spiro atoms. The van der Waals surface area contributed by atoms with Gasteiger partial charge in [0.2, 0.25) is 0 Å². The minimum atomic E-state index is -0.330. The van der Waals surface area contributed by atoms with E-state index in [1.807, 2.05) is 44.2 Å². The van der Waals surface area contributed by atoms with Crippen LogP contribution in [0.3, 0.4) is 0 Å². The number of hydrogen-bond donors (Lipinski definition) is 1. The van der Waals surface area contributed by atoms with E-state index in [-0.39, 0.29) is 44.9 Å². The zero-order chi connectivity index (χ0) is 17.1. The molecule has 1 N–H and O–H groups in total. The summed E-state index contributed by atoms with van der Waals surface area (Å²) >= 11 is 4.99. The third-order valence-corrected chi connectivity index (χ3v) is 4.09. The van der Waals surface area contributed by atoms with Gasteiger partial charge in [0.15, 0.2) is 0 Å². The SMILES string of the molecule is CC(=[35S])NC[C@H]1CN(c2c[c-]c(-c3ccccc3)c(C)c2)C(=O)O1.[Y]. The second kappa shape index (κ2) is 8.88. The molecule has 0 unspecified atom stereocenters. The van der Waals surface area contributed by atoms with Crippen molar-refractivity contribution in [3.05, 3.63) is 54.1 Å². The quantitative estimate of drug-likeness (QED) is 0.592. The predicted molar refractivity (Wildman–Crippen MR) is 99.3 cm³/mol. The number of thiocarbonyl (C=S) groups is 1. The molecule has 1 heterocycles. The van der Waals surface area contributed by atoms with Crippen molar-refractivity contribution in [3.8, 4) is 11.1 Å². The van der Waals surface area contributed by atoms with Gasteiger partial charge in [-0.2, -0.15) is 0 Å². The summed E-state index contributed by atoms with van der Waals surface area (Å²) in [7, 11) is 0. The van der Waals surface area contributed by atoms with E-state index in [9.17, 15) is 4.79 Å². The topological polar surface area (TPSA) is 41.6 Å². The number of nitrogens with zero attached hydrogens (tertiary/aromatic N) is 1. The Kier molecular flexibility index (Phi) is 7.11. The third-order valence-electron chi connectivity index (χ3n) is 3.95. The molecule has 25 heavy (non-hydrogen) atoms. The Hall–Kier alpha value is -1.30. The van der Waals surface area contributed by atoms with E-state index in [0.717, 1.165) is 22.4 Å². The van der Waals surface area contributed by atoms with Gasteiger partial charge in [-0.1, -0.05) is 55.0 Å². The van der Waals surface area contributed by atoms with Crippen LogP contribution in [-0.2, 0) is 37.4 Å². The molecule has 1 radical (unpaired) electrons. The van der Waals surface area contributed by atoms with Crippen LogP contribution >= 0.6 is 12.2 Å². The monoisotopic (exact) mass is 431 g/mol. The van der Waals surface area contributed by atoms with Crippen molar-refractivity contribution in [2.75, 3.05) is 18.0 Å². The Morgan fingerprint density at radius 3 is 2.76 bits per heavy atom. The molecular weight excluding hydrogens is 412 g/mol. The first-order valence-electron chi connectivity index (χ1n) is 7.85. The molecular formula is C19H19N2O2SY-. The number of carbonyl (C=O) groups excluding carboxylic acids is 1. The summed E-state index contributed by atoms with van der Waals surface area (Å²) in [6, 6.07) is 17.2. The van der Waals surface area contributed by atoms with Crippen molar-refractivity contribution in [2.45, 2.75) is 20.0 Å². The molecule has 1 amide bonds. The molecule has 127 valence electrons. The smallest absolute Gasteiger partial charge is 0.406 e.